The quantitative estimate of drug-likeness (QED) is 0.610. The van der Waals surface area contributed by atoms with Gasteiger partial charge in [0.05, 0.1) is 27.0 Å². The number of benzene rings is 1. The number of carbonyl (C=O) groups excluding carboxylic acids is 3. The fourth-order valence-electron chi connectivity index (χ4n) is 3.39. The number of hydrogen-bond acceptors (Lipinski definition) is 5. The molecule has 1 aromatic heterocycles. The summed E-state index contributed by atoms with van der Waals surface area (Å²) in [5.74, 6) is -1.20. The maximum atomic E-state index is 13.2. The van der Waals surface area contributed by atoms with Gasteiger partial charge in [-0.15, -0.1) is 11.3 Å². The molecule has 2 aromatic rings. The zero-order chi connectivity index (χ0) is 22.5. The average molecular weight is 467 g/mol. The van der Waals surface area contributed by atoms with Crippen molar-refractivity contribution < 1.29 is 18.8 Å². The molecular weight excluding hydrogens is 443 g/mol. The van der Waals surface area contributed by atoms with Crippen LogP contribution < -0.4 is 16.0 Å². The van der Waals surface area contributed by atoms with Gasteiger partial charge in [0.25, 0.3) is 11.8 Å². The summed E-state index contributed by atoms with van der Waals surface area (Å²) < 4.78 is 13.2. The lowest BCUT2D eigenvalue weighted by atomic mass is 10.0. The summed E-state index contributed by atoms with van der Waals surface area (Å²) in [4.78, 5) is 39.3. The van der Waals surface area contributed by atoms with Crippen molar-refractivity contribution in [1.29, 1.82) is 0 Å². The Morgan fingerprint density at radius 2 is 1.90 bits per heavy atom. The minimum atomic E-state index is -0.521. The molecule has 1 aromatic carbocycles. The van der Waals surface area contributed by atoms with Crippen molar-refractivity contribution in [2.24, 2.45) is 0 Å². The second-order valence-corrected chi connectivity index (χ2v) is 8.86. The Bertz CT molecular complexity index is 989. The van der Waals surface area contributed by atoms with Crippen molar-refractivity contribution in [2.75, 3.05) is 32.0 Å². The molecule has 0 atom stereocenters. The van der Waals surface area contributed by atoms with Crippen LogP contribution in [0.15, 0.2) is 24.3 Å². The molecule has 1 aliphatic rings. The number of hydrogen-bond donors (Lipinski definition) is 3. The zero-order valence-electron chi connectivity index (χ0n) is 17.3. The zero-order valence-corrected chi connectivity index (χ0v) is 18.8. The second-order valence-electron chi connectivity index (χ2n) is 7.40. The monoisotopic (exact) mass is 466 g/mol. The molecule has 3 amide bonds. The molecule has 1 fully saturated rings. The van der Waals surface area contributed by atoms with Crippen LogP contribution in [0.3, 0.4) is 0 Å². The molecule has 1 aliphatic heterocycles. The molecule has 0 saturated carbocycles. The van der Waals surface area contributed by atoms with E-state index < -0.39 is 11.7 Å². The fraction of sp³-hybridized carbons (Fsp3) is 0.381. The lowest BCUT2D eigenvalue weighted by molar-refractivity contribution is -0.122. The first kappa shape index (κ1) is 23.2. The van der Waals surface area contributed by atoms with E-state index in [4.69, 9.17) is 11.6 Å². The molecular formula is C21H24ClFN4O3S. The van der Waals surface area contributed by atoms with Crippen molar-refractivity contribution >= 4 is 45.7 Å². The van der Waals surface area contributed by atoms with E-state index in [2.05, 4.69) is 20.9 Å². The van der Waals surface area contributed by atoms with Crippen LogP contribution in [-0.4, -0.2) is 55.3 Å². The fourth-order valence-corrected chi connectivity index (χ4v) is 4.61. The number of likely N-dealkylation sites (tertiary alicyclic amines) is 1. The van der Waals surface area contributed by atoms with Gasteiger partial charge in [0.2, 0.25) is 5.91 Å². The van der Waals surface area contributed by atoms with Crippen LogP contribution in [0, 0.1) is 12.7 Å². The van der Waals surface area contributed by atoms with Crippen LogP contribution in [0.1, 0.15) is 38.4 Å². The van der Waals surface area contributed by atoms with Crippen molar-refractivity contribution in [1.82, 2.24) is 15.5 Å². The van der Waals surface area contributed by atoms with Gasteiger partial charge < -0.3 is 16.0 Å². The van der Waals surface area contributed by atoms with Crippen molar-refractivity contribution in [2.45, 2.75) is 25.8 Å². The molecule has 166 valence electrons. The molecule has 10 heteroatoms. The minimum Gasteiger partial charge on any atom is -0.358 e. The van der Waals surface area contributed by atoms with E-state index in [1.807, 2.05) is 0 Å². The third-order valence-corrected chi connectivity index (χ3v) is 6.57. The SMILES string of the molecule is CNC(=O)CN1CCC(NC(=O)c2sc(NC(=O)c3ccc(F)cc3Cl)cc2C)CC1. The molecule has 2 heterocycles. The highest BCUT2D eigenvalue weighted by molar-refractivity contribution is 7.18. The van der Waals surface area contributed by atoms with Gasteiger partial charge in [-0.1, -0.05) is 11.6 Å². The Labute approximate surface area is 189 Å². The molecule has 31 heavy (non-hydrogen) atoms. The van der Waals surface area contributed by atoms with Gasteiger partial charge in [0.15, 0.2) is 0 Å². The molecule has 0 radical (unpaired) electrons. The van der Waals surface area contributed by atoms with Gasteiger partial charge in [-0.25, -0.2) is 4.39 Å². The molecule has 0 spiro atoms. The number of carbonyl (C=O) groups is 3. The molecule has 0 unspecified atom stereocenters. The Balaban J connectivity index is 1.57. The van der Waals surface area contributed by atoms with Crippen molar-refractivity contribution in [3.63, 3.8) is 0 Å². The lowest BCUT2D eigenvalue weighted by Crippen LogP contribution is -2.47. The average Bonchev–Trinajstić information content (AvgIpc) is 3.09. The van der Waals surface area contributed by atoms with E-state index >= 15 is 0 Å². The lowest BCUT2D eigenvalue weighted by Gasteiger charge is -2.31. The topological polar surface area (TPSA) is 90.5 Å². The predicted molar refractivity (Wildman–Crippen MR) is 119 cm³/mol. The summed E-state index contributed by atoms with van der Waals surface area (Å²) in [5.41, 5.74) is 0.906. The number of aryl methyl sites for hydroxylation is 1. The van der Waals surface area contributed by atoms with E-state index in [0.29, 0.717) is 16.4 Å². The standard InChI is InChI=1S/C21H24ClFN4O3S/c1-12-9-18(26-20(29)15-4-3-13(23)10-16(15)22)31-19(12)21(30)25-14-5-7-27(8-6-14)11-17(28)24-2/h3-4,9-10,14H,5-8,11H2,1-2H3,(H,24,28)(H,25,30)(H,26,29). The largest absolute Gasteiger partial charge is 0.358 e. The highest BCUT2D eigenvalue weighted by atomic mass is 35.5. The summed E-state index contributed by atoms with van der Waals surface area (Å²) in [6, 6.07) is 5.32. The number of halogens is 2. The van der Waals surface area contributed by atoms with E-state index in [1.165, 1.54) is 23.5 Å². The number of anilines is 1. The summed E-state index contributed by atoms with van der Waals surface area (Å²) in [5, 5.41) is 8.90. The Morgan fingerprint density at radius 1 is 1.19 bits per heavy atom. The highest BCUT2D eigenvalue weighted by Crippen LogP contribution is 2.28. The normalized spacial score (nSPS) is 14.8. The Hall–Kier alpha value is -2.49. The van der Waals surface area contributed by atoms with Crippen LogP contribution in [-0.2, 0) is 4.79 Å². The minimum absolute atomic E-state index is 0.0199. The van der Waals surface area contributed by atoms with Gasteiger partial charge >= 0.3 is 0 Å². The molecule has 7 nitrogen and oxygen atoms in total. The van der Waals surface area contributed by atoms with E-state index in [1.54, 1.807) is 20.0 Å². The molecule has 0 aliphatic carbocycles. The molecule has 0 bridgehead atoms. The van der Waals surface area contributed by atoms with E-state index in [-0.39, 0.29) is 28.4 Å². The van der Waals surface area contributed by atoms with E-state index in [9.17, 15) is 18.8 Å². The molecule has 3 rings (SSSR count). The summed E-state index contributed by atoms with van der Waals surface area (Å²) in [6.07, 6.45) is 1.53. The van der Waals surface area contributed by atoms with Crippen LogP contribution >= 0.6 is 22.9 Å². The Morgan fingerprint density at radius 3 is 2.55 bits per heavy atom. The second kappa shape index (κ2) is 10.2. The number of nitrogens with zero attached hydrogens (tertiary/aromatic N) is 1. The van der Waals surface area contributed by atoms with Gasteiger partial charge in [-0.3, -0.25) is 19.3 Å². The molecule has 3 N–H and O–H groups in total. The van der Waals surface area contributed by atoms with Crippen LogP contribution in [0.2, 0.25) is 5.02 Å². The number of rotatable bonds is 6. The van der Waals surface area contributed by atoms with Crippen LogP contribution in [0.25, 0.3) is 0 Å². The van der Waals surface area contributed by atoms with Gasteiger partial charge in [-0.2, -0.15) is 0 Å². The number of likely N-dealkylation sites (N-methyl/N-ethyl adjacent to an activating group) is 1. The number of piperidine rings is 1. The van der Waals surface area contributed by atoms with Crippen molar-refractivity contribution in [3.05, 3.63) is 51.1 Å². The third-order valence-electron chi connectivity index (χ3n) is 5.11. The van der Waals surface area contributed by atoms with Crippen LogP contribution in [0.5, 0.6) is 0 Å². The first-order valence-corrected chi connectivity index (χ1v) is 11.1. The number of nitrogens with one attached hydrogen (secondary N) is 3. The summed E-state index contributed by atoms with van der Waals surface area (Å²) in [6.45, 7) is 3.64. The van der Waals surface area contributed by atoms with Gasteiger partial charge in [-0.05, 0) is 49.6 Å². The van der Waals surface area contributed by atoms with Crippen molar-refractivity contribution in [3.8, 4) is 0 Å². The van der Waals surface area contributed by atoms with Gasteiger partial charge in [0, 0.05) is 26.2 Å². The smallest absolute Gasteiger partial charge is 0.261 e. The predicted octanol–water partition coefficient (Wildman–Crippen LogP) is 3.04. The Kier molecular flexibility index (Phi) is 7.64. The van der Waals surface area contributed by atoms with E-state index in [0.717, 1.165) is 37.6 Å². The number of amides is 3. The first-order chi connectivity index (χ1) is 14.8. The molecule has 1 saturated heterocycles. The third kappa shape index (κ3) is 6.03. The van der Waals surface area contributed by atoms with Crippen LogP contribution in [0.4, 0.5) is 9.39 Å². The maximum Gasteiger partial charge on any atom is 0.261 e. The highest BCUT2D eigenvalue weighted by Gasteiger charge is 2.24. The summed E-state index contributed by atoms with van der Waals surface area (Å²) >= 11 is 7.12. The number of thiophene rings is 1. The first-order valence-electron chi connectivity index (χ1n) is 9.87. The van der Waals surface area contributed by atoms with Gasteiger partial charge in [0.1, 0.15) is 5.82 Å². The maximum absolute atomic E-state index is 13.2. The summed E-state index contributed by atoms with van der Waals surface area (Å²) in [7, 11) is 1.61.